The maximum atomic E-state index is 9.95. The second kappa shape index (κ2) is 6.98. The fourth-order valence-corrected chi connectivity index (χ4v) is 2.85. The Hall–Kier alpha value is -0.980. The summed E-state index contributed by atoms with van der Waals surface area (Å²) < 4.78 is 0. The van der Waals surface area contributed by atoms with Gasteiger partial charge in [-0.2, -0.15) is 0 Å². The topological polar surface area (TPSA) is 20.2 Å². The molecule has 0 unspecified atom stereocenters. The molecule has 0 aliphatic rings. The quantitative estimate of drug-likeness (QED) is 0.673. The maximum absolute atomic E-state index is 9.95. The van der Waals surface area contributed by atoms with Crippen LogP contribution in [-0.4, -0.2) is 5.11 Å². The van der Waals surface area contributed by atoms with Gasteiger partial charge in [-0.05, 0) is 48.8 Å². The number of aryl methyl sites for hydroxylation is 2. The van der Waals surface area contributed by atoms with Gasteiger partial charge in [0.15, 0.2) is 0 Å². The van der Waals surface area contributed by atoms with Gasteiger partial charge in [0.25, 0.3) is 0 Å². The fraction of sp³-hybridized carbons (Fsp3) is 0.667. The van der Waals surface area contributed by atoms with Crippen LogP contribution in [0.3, 0.4) is 0 Å². The van der Waals surface area contributed by atoms with E-state index in [1.807, 2.05) is 13.8 Å². The molecule has 0 aliphatic carbocycles. The van der Waals surface area contributed by atoms with E-state index in [4.69, 9.17) is 0 Å². The van der Waals surface area contributed by atoms with E-state index < -0.39 is 0 Å². The van der Waals surface area contributed by atoms with Crippen molar-refractivity contribution in [2.45, 2.75) is 78.6 Å². The normalized spacial score (nSPS) is 11.8. The molecule has 1 nitrogen and oxygen atoms in total. The minimum atomic E-state index is 0.259. The van der Waals surface area contributed by atoms with Crippen LogP contribution in [0.15, 0.2) is 12.1 Å². The van der Waals surface area contributed by atoms with Crippen molar-refractivity contribution >= 4 is 0 Å². The minimum absolute atomic E-state index is 0.259. The lowest BCUT2D eigenvalue weighted by atomic mass is 9.73. The van der Waals surface area contributed by atoms with Crippen LogP contribution in [0.4, 0.5) is 0 Å². The summed E-state index contributed by atoms with van der Waals surface area (Å²) >= 11 is 0. The molecule has 0 bridgehead atoms. The summed E-state index contributed by atoms with van der Waals surface area (Å²) in [5.74, 6) is 0.456. The van der Waals surface area contributed by atoms with Crippen LogP contribution < -0.4 is 0 Å². The molecular formula is C18H30O. The van der Waals surface area contributed by atoms with Gasteiger partial charge in [-0.1, -0.05) is 58.6 Å². The molecule has 1 heteroatoms. The number of benzene rings is 1. The standard InChI is InChI=1S/C18H30O/c1-6-8-10-18(5,11-9-7-2)16-12-14(3)17(19)15(4)13-16/h12-13,19H,6-11H2,1-5H3. The number of unbranched alkanes of at least 4 members (excludes halogenated alkanes) is 2. The first-order valence-corrected chi connectivity index (χ1v) is 7.75. The van der Waals surface area contributed by atoms with Crippen LogP contribution in [0.5, 0.6) is 5.75 Å². The second-order valence-electron chi connectivity index (χ2n) is 6.23. The lowest BCUT2D eigenvalue weighted by Gasteiger charge is -2.31. The van der Waals surface area contributed by atoms with E-state index in [1.165, 1.54) is 44.1 Å². The summed E-state index contributed by atoms with van der Waals surface area (Å²) in [5, 5.41) is 9.95. The molecule has 1 N–H and O–H groups in total. The Bertz CT molecular complexity index is 375. The summed E-state index contributed by atoms with van der Waals surface area (Å²) in [5.41, 5.74) is 3.68. The molecule has 0 atom stereocenters. The second-order valence-corrected chi connectivity index (χ2v) is 6.23. The number of hydrogen-bond acceptors (Lipinski definition) is 1. The first-order valence-electron chi connectivity index (χ1n) is 7.75. The third kappa shape index (κ3) is 3.99. The summed E-state index contributed by atoms with van der Waals surface area (Å²) in [6.45, 7) is 10.9. The van der Waals surface area contributed by atoms with Crippen molar-refractivity contribution in [2.24, 2.45) is 0 Å². The molecule has 0 spiro atoms. The smallest absolute Gasteiger partial charge is 0.121 e. The number of aromatic hydroxyl groups is 1. The van der Waals surface area contributed by atoms with Crippen LogP contribution in [0, 0.1) is 13.8 Å². The number of rotatable bonds is 7. The Balaban J connectivity index is 3.09. The van der Waals surface area contributed by atoms with Crippen LogP contribution in [-0.2, 0) is 5.41 Å². The zero-order chi connectivity index (χ0) is 14.5. The van der Waals surface area contributed by atoms with Gasteiger partial charge in [0.1, 0.15) is 5.75 Å². The first-order chi connectivity index (χ1) is 8.94. The molecule has 0 amide bonds. The molecule has 0 radical (unpaired) electrons. The molecule has 0 saturated heterocycles. The highest BCUT2D eigenvalue weighted by Crippen LogP contribution is 2.37. The average Bonchev–Trinajstić information content (AvgIpc) is 2.39. The first kappa shape index (κ1) is 16.1. The van der Waals surface area contributed by atoms with Gasteiger partial charge < -0.3 is 5.11 Å². The zero-order valence-electron chi connectivity index (χ0n) is 13.3. The predicted octanol–water partition coefficient (Wildman–Crippen LogP) is 5.65. The highest BCUT2D eigenvalue weighted by atomic mass is 16.3. The molecular weight excluding hydrogens is 232 g/mol. The van der Waals surface area contributed by atoms with Crippen molar-refractivity contribution in [2.75, 3.05) is 0 Å². The monoisotopic (exact) mass is 262 g/mol. The van der Waals surface area contributed by atoms with Crippen molar-refractivity contribution in [3.63, 3.8) is 0 Å². The van der Waals surface area contributed by atoms with Crippen molar-refractivity contribution in [1.82, 2.24) is 0 Å². The van der Waals surface area contributed by atoms with Gasteiger partial charge in [-0.25, -0.2) is 0 Å². The molecule has 0 saturated carbocycles. The Morgan fingerprint density at radius 1 is 0.947 bits per heavy atom. The van der Waals surface area contributed by atoms with Gasteiger partial charge in [0, 0.05) is 0 Å². The molecule has 0 heterocycles. The average molecular weight is 262 g/mol. The third-order valence-electron chi connectivity index (χ3n) is 4.35. The van der Waals surface area contributed by atoms with Crippen molar-refractivity contribution in [3.8, 4) is 5.75 Å². The van der Waals surface area contributed by atoms with Crippen LogP contribution in [0.1, 0.15) is 76.0 Å². The summed E-state index contributed by atoms with van der Waals surface area (Å²) in [4.78, 5) is 0. The van der Waals surface area contributed by atoms with Crippen molar-refractivity contribution in [3.05, 3.63) is 28.8 Å². The van der Waals surface area contributed by atoms with Crippen molar-refractivity contribution in [1.29, 1.82) is 0 Å². The third-order valence-corrected chi connectivity index (χ3v) is 4.35. The zero-order valence-corrected chi connectivity index (χ0v) is 13.3. The Morgan fingerprint density at radius 2 is 1.37 bits per heavy atom. The molecule has 0 fully saturated rings. The lowest BCUT2D eigenvalue weighted by molar-refractivity contribution is 0.373. The summed E-state index contributed by atoms with van der Waals surface area (Å²) in [6.07, 6.45) is 7.54. The summed E-state index contributed by atoms with van der Waals surface area (Å²) in [6, 6.07) is 4.38. The minimum Gasteiger partial charge on any atom is -0.507 e. The summed E-state index contributed by atoms with van der Waals surface area (Å²) in [7, 11) is 0. The highest BCUT2D eigenvalue weighted by Gasteiger charge is 2.26. The Morgan fingerprint density at radius 3 is 1.74 bits per heavy atom. The van der Waals surface area contributed by atoms with Crippen LogP contribution in [0.25, 0.3) is 0 Å². The van der Waals surface area contributed by atoms with Gasteiger partial charge in [0.05, 0.1) is 0 Å². The van der Waals surface area contributed by atoms with Gasteiger partial charge >= 0.3 is 0 Å². The van der Waals surface area contributed by atoms with E-state index in [1.54, 1.807) is 0 Å². The van der Waals surface area contributed by atoms with E-state index >= 15 is 0 Å². The van der Waals surface area contributed by atoms with E-state index in [-0.39, 0.29) is 5.41 Å². The van der Waals surface area contributed by atoms with E-state index in [0.717, 1.165) is 11.1 Å². The molecule has 108 valence electrons. The van der Waals surface area contributed by atoms with Gasteiger partial charge in [0.2, 0.25) is 0 Å². The largest absolute Gasteiger partial charge is 0.507 e. The van der Waals surface area contributed by atoms with Gasteiger partial charge in [-0.3, -0.25) is 0 Å². The van der Waals surface area contributed by atoms with Crippen LogP contribution >= 0.6 is 0 Å². The molecule has 1 aromatic rings. The molecule has 1 rings (SSSR count). The Labute approximate surface area is 119 Å². The van der Waals surface area contributed by atoms with E-state index in [2.05, 4.69) is 32.9 Å². The van der Waals surface area contributed by atoms with Gasteiger partial charge in [-0.15, -0.1) is 0 Å². The lowest BCUT2D eigenvalue weighted by Crippen LogP contribution is -2.22. The Kier molecular flexibility index (Phi) is 5.90. The number of phenolic OH excluding ortho intramolecular Hbond substituents is 1. The molecule has 1 aromatic carbocycles. The highest BCUT2D eigenvalue weighted by molar-refractivity contribution is 5.44. The maximum Gasteiger partial charge on any atom is 0.121 e. The fourth-order valence-electron chi connectivity index (χ4n) is 2.85. The predicted molar refractivity (Wildman–Crippen MR) is 84.0 cm³/mol. The SMILES string of the molecule is CCCCC(C)(CCCC)c1cc(C)c(O)c(C)c1. The molecule has 0 aromatic heterocycles. The number of hydrogen-bond donors (Lipinski definition) is 1. The molecule has 0 aliphatic heterocycles. The van der Waals surface area contributed by atoms with E-state index in [9.17, 15) is 5.11 Å². The number of phenols is 1. The van der Waals surface area contributed by atoms with Crippen molar-refractivity contribution < 1.29 is 5.11 Å². The molecule has 19 heavy (non-hydrogen) atoms. The van der Waals surface area contributed by atoms with Crippen LogP contribution in [0.2, 0.25) is 0 Å². The van der Waals surface area contributed by atoms with E-state index in [0.29, 0.717) is 5.75 Å².